The summed E-state index contributed by atoms with van der Waals surface area (Å²) in [6, 6.07) is 22.1. The minimum absolute atomic E-state index is 0.300. The van der Waals surface area contributed by atoms with Crippen molar-refractivity contribution in [3.8, 4) is 0 Å². The fraction of sp³-hybridized carbons (Fsp3) is 0.200. The Labute approximate surface area is 185 Å². The average molecular weight is 433 g/mol. The molecule has 0 unspecified atom stereocenters. The zero-order valence-electron chi connectivity index (χ0n) is 17.2. The number of amides is 2. The molecule has 6 heteroatoms. The van der Waals surface area contributed by atoms with Gasteiger partial charge < -0.3 is 0 Å². The lowest BCUT2D eigenvalue weighted by molar-refractivity contribution is -0.126. The van der Waals surface area contributed by atoms with E-state index in [0.717, 1.165) is 22.4 Å². The molecule has 2 amide bonds. The number of carbonyl (C=O) groups excluding carboxylic acids is 2. The van der Waals surface area contributed by atoms with Gasteiger partial charge in [0.2, 0.25) is 5.91 Å². The number of hydrogen-bond donors (Lipinski definition) is 0. The minimum Gasteiger partial charge on any atom is -0.273 e. The number of carbonyl (C=O) groups is 2. The van der Waals surface area contributed by atoms with Gasteiger partial charge in [-0.25, -0.2) is 9.96 Å². The highest BCUT2D eigenvalue weighted by molar-refractivity contribution is 6.36. The predicted molar refractivity (Wildman–Crippen MR) is 120 cm³/mol. The number of para-hydroxylation sites is 2. The minimum atomic E-state index is -0.908. The largest absolute Gasteiger partial charge is 0.273 e. The van der Waals surface area contributed by atoms with Gasteiger partial charge in [0.05, 0.1) is 22.4 Å². The van der Waals surface area contributed by atoms with Crippen LogP contribution in [-0.4, -0.2) is 17.9 Å². The third-order valence-corrected chi connectivity index (χ3v) is 6.28. The van der Waals surface area contributed by atoms with Crippen LogP contribution in [0.3, 0.4) is 0 Å². The molecule has 0 spiro atoms. The van der Waals surface area contributed by atoms with Crippen molar-refractivity contribution in [3.63, 3.8) is 0 Å². The van der Waals surface area contributed by atoms with E-state index in [1.54, 1.807) is 29.3 Å². The zero-order valence-corrected chi connectivity index (χ0v) is 17.9. The standard InChI is InChI=1S/C25H21ClN2O3/c1-15-12-13-18(16(2)14-15)22-21-23(31-28(22)17-8-4-3-5-9-17)25(30)27(24(21)29)20-11-7-6-10-19(20)26/h3-14,21-23H,1-2H3/t21-,22+,23+/m1/s1. The Kier molecular flexibility index (Phi) is 4.80. The Morgan fingerprint density at radius 1 is 0.871 bits per heavy atom. The van der Waals surface area contributed by atoms with Gasteiger partial charge in [0, 0.05) is 0 Å². The first kappa shape index (κ1) is 19.8. The summed E-state index contributed by atoms with van der Waals surface area (Å²) < 4.78 is 0. The smallest absolute Gasteiger partial charge is 0.266 e. The molecule has 31 heavy (non-hydrogen) atoms. The first-order chi connectivity index (χ1) is 15.0. The lowest BCUT2D eigenvalue weighted by atomic mass is 9.87. The van der Waals surface area contributed by atoms with Crippen molar-refractivity contribution < 1.29 is 14.4 Å². The van der Waals surface area contributed by atoms with Crippen LogP contribution in [0, 0.1) is 19.8 Å². The van der Waals surface area contributed by atoms with Crippen LogP contribution in [0.15, 0.2) is 72.8 Å². The highest BCUT2D eigenvalue weighted by Crippen LogP contribution is 2.48. The highest BCUT2D eigenvalue weighted by atomic mass is 35.5. The summed E-state index contributed by atoms with van der Waals surface area (Å²) in [5, 5.41) is 2.07. The van der Waals surface area contributed by atoms with Crippen molar-refractivity contribution in [1.82, 2.24) is 0 Å². The van der Waals surface area contributed by atoms with Gasteiger partial charge in [-0.1, -0.05) is 65.7 Å². The molecule has 5 nitrogen and oxygen atoms in total. The number of hydroxylamine groups is 1. The third kappa shape index (κ3) is 3.12. The normalized spacial score (nSPS) is 22.9. The summed E-state index contributed by atoms with van der Waals surface area (Å²) in [5.41, 5.74) is 4.33. The van der Waals surface area contributed by atoms with Crippen LogP contribution < -0.4 is 9.96 Å². The number of imide groups is 1. The number of hydrogen-bond acceptors (Lipinski definition) is 4. The summed E-state index contributed by atoms with van der Waals surface area (Å²) in [5.74, 6) is -1.37. The Hall–Kier alpha value is -3.15. The molecule has 2 aliphatic heterocycles. The first-order valence-corrected chi connectivity index (χ1v) is 10.6. The predicted octanol–water partition coefficient (Wildman–Crippen LogP) is 5.01. The maximum atomic E-state index is 13.6. The van der Waals surface area contributed by atoms with Crippen molar-refractivity contribution in [2.45, 2.75) is 26.0 Å². The van der Waals surface area contributed by atoms with Gasteiger partial charge in [0.25, 0.3) is 5.91 Å². The molecule has 0 aromatic heterocycles. The van der Waals surface area contributed by atoms with Crippen molar-refractivity contribution >= 4 is 34.8 Å². The van der Waals surface area contributed by atoms with Gasteiger partial charge in [0.1, 0.15) is 5.92 Å². The number of rotatable bonds is 3. The maximum absolute atomic E-state index is 13.6. The van der Waals surface area contributed by atoms with Crippen molar-refractivity contribution in [2.24, 2.45) is 5.92 Å². The molecule has 3 atom stereocenters. The van der Waals surface area contributed by atoms with Crippen LogP contribution in [-0.2, 0) is 14.4 Å². The van der Waals surface area contributed by atoms with Crippen LogP contribution in [0.2, 0.25) is 5.02 Å². The number of benzene rings is 3. The van der Waals surface area contributed by atoms with Gasteiger partial charge in [-0.05, 0) is 49.2 Å². The molecule has 3 aromatic carbocycles. The van der Waals surface area contributed by atoms with Gasteiger partial charge in [-0.3, -0.25) is 14.4 Å². The summed E-state index contributed by atoms with van der Waals surface area (Å²) in [6.07, 6.45) is -0.908. The molecule has 156 valence electrons. The van der Waals surface area contributed by atoms with Gasteiger partial charge in [-0.2, -0.15) is 0 Å². The molecule has 0 bridgehead atoms. The molecular weight excluding hydrogens is 412 g/mol. The quantitative estimate of drug-likeness (QED) is 0.546. The van der Waals surface area contributed by atoms with Gasteiger partial charge in [-0.15, -0.1) is 0 Å². The molecule has 5 rings (SSSR count). The summed E-state index contributed by atoms with van der Waals surface area (Å²) in [4.78, 5) is 34.3. The molecule has 0 aliphatic carbocycles. The Morgan fingerprint density at radius 3 is 2.29 bits per heavy atom. The van der Waals surface area contributed by atoms with Crippen LogP contribution in [0.1, 0.15) is 22.7 Å². The zero-order chi connectivity index (χ0) is 21.7. The van der Waals surface area contributed by atoms with Crippen molar-refractivity contribution in [3.05, 3.63) is 94.5 Å². The molecule has 2 aliphatic rings. The van der Waals surface area contributed by atoms with E-state index in [1.165, 1.54) is 4.90 Å². The Morgan fingerprint density at radius 2 is 1.58 bits per heavy atom. The van der Waals surface area contributed by atoms with Crippen LogP contribution in [0.4, 0.5) is 11.4 Å². The van der Waals surface area contributed by atoms with Gasteiger partial charge in [0.15, 0.2) is 6.10 Å². The fourth-order valence-corrected chi connectivity index (χ4v) is 4.78. The highest BCUT2D eigenvalue weighted by Gasteiger charge is 2.60. The van der Waals surface area contributed by atoms with Crippen LogP contribution in [0.25, 0.3) is 0 Å². The van der Waals surface area contributed by atoms with E-state index in [1.807, 2.05) is 56.3 Å². The SMILES string of the molecule is Cc1ccc([C@H]2[C@H]3C(=O)N(c4ccccc4Cl)C(=O)[C@H]3ON2c2ccccc2)c(C)c1. The van der Waals surface area contributed by atoms with Crippen molar-refractivity contribution in [2.75, 3.05) is 9.96 Å². The van der Waals surface area contributed by atoms with E-state index in [2.05, 4.69) is 6.07 Å². The number of nitrogens with zero attached hydrogens (tertiary/aromatic N) is 2. The Balaban J connectivity index is 1.63. The Bertz CT molecular complexity index is 1180. The average Bonchev–Trinajstić information content (AvgIpc) is 3.26. The topological polar surface area (TPSA) is 49.9 Å². The molecule has 0 radical (unpaired) electrons. The molecule has 2 saturated heterocycles. The summed E-state index contributed by atoms with van der Waals surface area (Å²) >= 11 is 6.31. The molecule has 0 N–H and O–H groups in total. The lowest BCUT2D eigenvalue weighted by Crippen LogP contribution is -2.37. The molecular formula is C25H21ClN2O3. The second-order valence-corrected chi connectivity index (χ2v) is 8.39. The van der Waals surface area contributed by atoms with E-state index in [4.69, 9.17) is 16.4 Å². The molecule has 3 aromatic rings. The second-order valence-electron chi connectivity index (χ2n) is 7.98. The number of fused-ring (bicyclic) bond motifs is 1. The van der Waals surface area contributed by atoms with E-state index in [0.29, 0.717) is 10.7 Å². The number of halogens is 1. The van der Waals surface area contributed by atoms with E-state index >= 15 is 0 Å². The molecule has 2 heterocycles. The summed E-state index contributed by atoms with van der Waals surface area (Å²) in [6.45, 7) is 4.05. The fourth-order valence-electron chi connectivity index (χ4n) is 4.56. The van der Waals surface area contributed by atoms with Crippen molar-refractivity contribution in [1.29, 1.82) is 0 Å². The first-order valence-electron chi connectivity index (χ1n) is 10.2. The maximum Gasteiger partial charge on any atom is 0.266 e. The van der Waals surface area contributed by atoms with E-state index < -0.39 is 24.0 Å². The van der Waals surface area contributed by atoms with Gasteiger partial charge >= 0.3 is 0 Å². The van der Waals surface area contributed by atoms with E-state index in [9.17, 15) is 9.59 Å². The number of anilines is 2. The summed E-state index contributed by atoms with van der Waals surface area (Å²) in [7, 11) is 0. The molecule has 0 saturated carbocycles. The lowest BCUT2D eigenvalue weighted by Gasteiger charge is -2.30. The second kappa shape index (κ2) is 7.52. The van der Waals surface area contributed by atoms with Crippen LogP contribution >= 0.6 is 11.6 Å². The third-order valence-electron chi connectivity index (χ3n) is 5.96. The monoisotopic (exact) mass is 432 g/mol. The number of aryl methyl sites for hydroxylation is 2. The van der Waals surface area contributed by atoms with Crippen LogP contribution in [0.5, 0.6) is 0 Å². The van der Waals surface area contributed by atoms with E-state index in [-0.39, 0.29) is 5.91 Å². The molecule has 2 fully saturated rings.